The van der Waals surface area contributed by atoms with Gasteiger partial charge in [0.25, 0.3) is 0 Å². The molecular weight excluding hydrogens is 218 g/mol. The van der Waals surface area contributed by atoms with Crippen LogP contribution in [0.3, 0.4) is 0 Å². The average molecular weight is 235 g/mol. The topological polar surface area (TPSA) is 63.2 Å². The summed E-state index contributed by atoms with van der Waals surface area (Å²) in [5.74, 6) is 1.32. The molecule has 17 heavy (non-hydrogen) atoms. The second-order valence-electron chi connectivity index (χ2n) is 4.20. The largest absolute Gasteiger partial charge is 0.494 e. The van der Waals surface area contributed by atoms with Gasteiger partial charge in [0.05, 0.1) is 19.9 Å². The van der Waals surface area contributed by atoms with Crippen LogP contribution in [0.4, 0.5) is 5.69 Å². The highest BCUT2D eigenvalue weighted by molar-refractivity contribution is 5.93. The second kappa shape index (κ2) is 5.63. The van der Waals surface area contributed by atoms with Gasteiger partial charge in [0.15, 0.2) is 0 Å². The lowest BCUT2D eigenvalue weighted by atomic mass is 10.3. The fraction of sp³-hybridized carbons (Fsp3) is 0.500. The van der Waals surface area contributed by atoms with E-state index in [0.717, 1.165) is 12.5 Å². The van der Waals surface area contributed by atoms with Gasteiger partial charge < -0.3 is 15.4 Å². The number of rotatable bonds is 6. The molecule has 92 valence electrons. The molecule has 1 aromatic heterocycles. The summed E-state index contributed by atoms with van der Waals surface area (Å²) in [4.78, 5) is 15.6. The number of hydrogen-bond donors (Lipinski definition) is 2. The first-order valence-electron chi connectivity index (χ1n) is 5.78. The van der Waals surface area contributed by atoms with Gasteiger partial charge in [-0.15, -0.1) is 0 Å². The van der Waals surface area contributed by atoms with Crippen LogP contribution in [-0.4, -0.2) is 31.1 Å². The van der Waals surface area contributed by atoms with Crippen molar-refractivity contribution in [1.82, 2.24) is 10.3 Å². The molecule has 1 heterocycles. The minimum absolute atomic E-state index is 0.0723. The van der Waals surface area contributed by atoms with Crippen molar-refractivity contribution in [3.8, 4) is 5.75 Å². The number of amides is 1. The predicted molar refractivity (Wildman–Crippen MR) is 65.0 cm³/mol. The highest BCUT2D eigenvalue weighted by Crippen LogP contribution is 2.27. The highest BCUT2D eigenvalue weighted by atomic mass is 16.5. The molecule has 2 N–H and O–H groups in total. The van der Waals surface area contributed by atoms with E-state index >= 15 is 0 Å². The third-order valence-electron chi connectivity index (χ3n) is 2.69. The standard InChI is InChI=1S/C12H17N3O2/c1-17-11-4-5-13-7-10(11)15-12(16)8-14-6-9-2-3-9/h4-5,7,9,14H,2-3,6,8H2,1H3,(H,15,16). The van der Waals surface area contributed by atoms with Crippen LogP contribution in [0, 0.1) is 5.92 Å². The smallest absolute Gasteiger partial charge is 0.238 e. The van der Waals surface area contributed by atoms with Crippen molar-refractivity contribution in [2.45, 2.75) is 12.8 Å². The zero-order valence-corrected chi connectivity index (χ0v) is 9.90. The van der Waals surface area contributed by atoms with E-state index in [4.69, 9.17) is 4.74 Å². The molecule has 0 saturated heterocycles. The maximum absolute atomic E-state index is 11.6. The molecule has 0 unspecified atom stereocenters. The van der Waals surface area contributed by atoms with E-state index in [1.165, 1.54) is 12.8 Å². The van der Waals surface area contributed by atoms with Crippen LogP contribution in [0.15, 0.2) is 18.5 Å². The molecule has 0 radical (unpaired) electrons. The molecule has 0 bridgehead atoms. The number of aromatic nitrogens is 1. The van der Waals surface area contributed by atoms with Crippen molar-refractivity contribution in [3.05, 3.63) is 18.5 Å². The van der Waals surface area contributed by atoms with Gasteiger partial charge in [0.2, 0.25) is 5.91 Å². The zero-order chi connectivity index (χ0) is 12.1. The third kappa shape index (κ3) is 3.71. The number of nitrogens with zero attached hydrogens (tertiary/aromatic N) is 1. The molecule has 1 fully saturated rings. The number of hydrogen-bond acceptors (Lipinski definition) is 4. The van der Waals surface area contributed by atoms with E-state index in [1.54, 1.807) is 25.6 Å². The van der Waals surface area contributed by atoms with Crippen LogP contribution < -0.4 is 15.4 Å². The number of methoxy groups -OCH3 is 1. The van der Waals surface area contributed by atoms with E-state index in [-0.39, 0.29) is 5.91 Å². The van der Waals surface area contributed by atoms with Crippen LogP contribution in [-0.2, 0) is 4.79 Å². The summed E-state index contributed by atoms with van der Waals surface area (Å²) in [6, 6.07) is 1.72. The summed E-state index contributed by atoms with van der Waals surface area (Å²) in [6.07, 6.45) is 5.77. The molecule has 5 heteroatoms. The fourth-order valence-corrected chi connectivity index (χ4v) is 1.56. The fourth-order valence-electron chi connectivity index (χ4n) is 1.56. The second-order valence-corrected chi connectivity index (χ2v) is 4.20. The first-order valence-corrected chi connectivity index (χ1v) is 5.78. The van der Waals surface area contributed by atoms with Crippen molar-refractivity contribution in [3.63, 3.8) is 0 Å². The Bertz CT molecular complexity index is 391. The summed E-state index contributed by atoms with van der Waals surface area (Å²) < 4.78 is 5.12. The minimum atomic E-state index is -0.0723. The van der Waals surface area contributed by atoms with Gasteiger partial charge in [-0.2, -0.15) is 0 Å². The Morgan fingerprint density at radius 1 is 1.59 bits per heavy atom. The SMILES string of the molecule is COc1ccncc1NC(=O)CNCC1CC1. The molecule has 0 aromatic carbocycles. The van der Waals surface area contributed by atoms with Crippen molar-refractivity contribution < 1.29 is 9.53 Å². The Kier molecular flexibility index (Phi) is 3.93. The van der Waals surface area contributed by atoms with Gasteiger partial charge in [-0.1, -0.05) is 0 Å². The summed E-state index contributed by atoms with van der Waals surface area (Å²) in [5, 5.41) is 5.90. The molecule has 0 spiro atoms. The number of ether oxygens (including phenoxy) is 1. The summed E-state index contributed by atoms with van der Waals surface area (Å²) in [5.41, 5.74) is 0.605. The first kappa shape index (κ1) is 11.9. The molecular formula is C12H17N3O2. The molecule has 1 aromatic rings. The summed E-state index contributed by atoms with van der Waals surface area (Å²) in [7, 11) is 1.57. The number of carbonyl (C=O) groups is 1. The van der Waals surface area contributed by atoms with Gasteiger partial charge >= 0.3 is 0 Å². The first-order chi connectivity index (χ1) is 8.29. The lowest BCUT2D eigenvalue weighted by Gasteiger charge is -2.09. The zero-order valence-electron chi connectivity index (χ0n) is 9.90. The molecule has 2 rings (SSSR count). The number of anilines is 1. The lowest BCUT2D eigenvalue weighted by Crippen LogP contribution is -2.29. The molecule has 1 aliphatic carbocycles. The Morgan fingerprint density at radius 2 is 2.41 bits per heavy atom. The quantitative estimate of drug-likeness (QED) is 0.773. The van der Waals surface area contributed by atoms with E-state index in [1.807, 2.05) is 0 Å². The Morgan fingerprint density at radius 3 is 3.12 bits per heavy atom. The monoisotopic (exact) mass is 235 g/mol. The Balaban J connectivity index is 1.79. The molecule has 0 atom stereocenters. The Hall–Kier alpha value is -1.62. The molecule has 5 nitrogen and oxygen atoms in total. The number of pyridine rings is 1. The maximum atomic E-state index is 11.6. The van der Waals surface area contributed by atoms with Crippen molar-refractivity contribution in [2.75, 3.05) is 25.5 Å². The Labute approximate surface area is 101 Å². The van der Waals surface area contributed by atoms with E-state index < -0.39 is 0 Å². The van der Waals surface area contributed by atoms with Gasteiger partial charge in [-0.05, 0) is 25.3 Å². The number of nitrogens with one attached hydrogen (secondary N) is 2. The normalized spacial score (nSPS) is 14.4. The van der Waals surface area contributed by atoms with E-state index in [0.29, 0.717) is 18.0 Å². The molecule has 1 amide bonds. The minimum Gasteiger partial charge on any atom is -0.494 e. The van der Waals surface area contributed by atoms with Gasteiger partial charge in [-0.3, -0.25) is 9.78 Å². The van der Waals surface area contributed by atoms with Crippen LogP contribution in [0.1, 0.15) is 12.8 Å². The van der Waals surface area contributed by atoms with Crippen molar-refractivity contribution >= 4 is 11.6 Å². The lowest BCUT2D eigenvalue weighted by molar-refractivity contribution is -0.115. The van der Waals surface area contributed by atoms with Crippen molar-refractivity contribution in [1.29, 1.82) is 0 Å². The summed E-state index contributed by atoms with van der Waals surface area (Å²) >= 11 is 0. The van der Waals surface area contributed by atoms with Gasteiger partial charge in [0, 0.05) is 12.3 Å². The molecule has 1 saturated carbocycles. The van der Waals surface area contributed by atoms with E-state index in [2.05, 4.69) is 15.6 Å². The molecule has 1 aliphatic rings. The number of carbonyl (C=O) groups excluding carboxylic acids is 1. The molecule has 0 aliphatic heterocycles. The van der Waals surface area contributed by atoms with Crippen LogP contribution in [0.5, 0.6) is 5.75 Å². The average Bonchev–Trinajstić information content (AvgIpc) is 3.14. The van der Waals surface area contributed by atoms with E-state index in [9.17, 15) is 4.79 Å². The van der Waals surface area contributed by atoms with Crippen molar-refractivity contribution in [2.24, 2.45) is 5.92 Å². The van der Waals surface area contributed by atoms with Gasteiger partial charge in [-0.25, -0.2) is 0 Å². The predicted octanol–water partition coefficient (Wildman–Crippen LogP) is 1.03. The van der Waals surface area contributed by atoms with Crippen LogP contribution >= 0.6 is 0 Å². The highest BCUT2D eigenvalue weighted by Gasteiger charge is 2.20. The van der Waals surface area contributed by atoms with Gasteiger partial charge in [0.1, 0.15) is 11.4 Å². The maximum Gasteiger partial charge on any atom is 0.238 e. The summed E-state index contributed by atoms with van der Waals surface area (Å²) in [6.45, 7) is 1.26. The third-order valence-corrected chi connectivity index (χ3v) is 2.69. The van der Waals surface area contributed by atoms with Crippen LogP contribution in [0.25, 0.3) is 0 Å². The van der Waals surface area contributed by atoms with Crippen LogP contribution in [0.2, 0.25) is 0 Å².